The zero-order valence-electron chi connectivity index (χ0n) is 10.4. The van der Waals surface area contributed by atoms with Gasteiger partial charge in [0.05, 0.1) is 6.26 Å². The molecular formula is C14H15NO3S. The highest BCUT2D eigenvalue weighted by atomic mass is 32.2. The molecule has 2 aromatic rings. The van der Waals surface area contributed by atoms with Gasteiger partial charge in [-0.2, -0.15) is 0 Å². The van der Waals surface area contributed by atoms with E-state index in [0.717, 1.165) is 11.8 Å². The van der Waals surface area contributed by atoms with Crippen LogP contribution in [0.15, 0.2) is 54.6 Å². The van der Waals surface area contributed by atoms with E-state index < -0.39 is 16.1 Å². The molecule has 0 heterocycles. The van der Waals surface area contributed by atoms with Crippen molar-refractivity contribution in [2.75, 3.05) is 11.0 Å². The minimum Gasteiger partial charge on any atom is -0.384 e. The summed E-state index contributed by atoms with van der Waals surface area (Å²) in [6.07, 6.45) is 0.315. The van der Waals surface area contributed by atoms with E-state index in [1.54, 1.807) is 24.3 Å². The van der Waals surface area contributed by atoms with Crippen molar-refractivity contribution in [1.82, 2.24) is 0 Å². The van der Waals surface area contributed by atoms with Gasteiger partial charge in [-0.15, -0.1) is 0 Å². The van der Waals surface area contributed by atoms with Crippen LogP contribution in [0.1, 0.15) is 17.2 Å². The maximum atomic E-state index is 11.2. The Labute approximate surface area is 112 Å². The number of hydrogen-bond acceptors (Lipinski definition) is 3. The van der Waals surface area contributed by atoms with E-state index in [9.17, 15) is 13.5 Å². The van der Waals surface area contributed by atoms with E-state index in [4.69, 9.17) is 0 Å². The van der Waals surface area contributed by atoms with Crippen LogP contribution in [-0.2, 0) is 10.0 Å². The van der Waals surface area contributed by atoms with Crippen molar-refractivity contribution in [2.24, 2.45) is 0 Å². The zero-order valence-corrected chi connectivity index (χ0v) is 11.3. The summed E-state index contributed by atoms with van der Waals surface area (Å²) in [7, 11) is -3.32. The minimum atomic E-state index is -3.32. The Morgan fingerprint density at radius 3 is 2.26 bits per heavy atom. The van der Waals surface area contributed by atoms with Gasteiger partial charge in [0.1, 0.15) is 6.10 Å². The third-order valence-corrected chi connectivity index (χ3v) is 3.23. The van der Waals surface area contributed by atoms with Gasteiger partial charge in [0.2, 0.25) is 10.0 Å². The summed E-state index contributed by atoms with van der Waals surface area (Å²) in [5, 5.41) is 10.2. The van der Waals surface area contributed by atoms with Crippen molar-refractivity contribution in [3.05, 3.63) is 65.7 Å². The van der Waals surface area contributed by atoms with Gasteiger partial charge >= 0.3 is 0 Å². The van der Waals surface area contributed by atoms with Gasteiger partial charge in [0.25, 0.3) is 0 Å². The maximum absolute atomic E-state index is 11.2. The highest BCUT2D eigenvalue weighted by Gasteiger charge is 2.11. The predicted molar refractivity (Wildman–Crippen MR) is 75.4 cm³/mol. The van der Waals surface area contributed by atoms with Crippen LogP contribution in [0, 0.1) is 0 Å². The molecule has 5 heteroatoms. The standard InChI is InChI=1S/C14H15NO3S/c1-19(17,18)15-13-9-5-8-12(10-13)14(16)11-6-3-2-4-7-11/h2-10,14-16H,1H3. The molecule has 2 N–H and O–H groups in total. The number of nitrogens with one attached hydrogen (secondary N) is 1. The van der Waals surface area contributed by atoms with E-state index in [-0.39, 0.29) is 0 Å². The fourth-order valence-electron chi connectivity index (χ4n) is 1.81. The van der Waals surface area contributed by atoms with Crippen LogP contribution in [0.5, 0.6) is 0 Å². The van der Waals surface area contributed by atoms with Gasteiger partial charge in [-0.3, -0.25) is 4.72 Å². The van der Waals surface area contributed by atoms with Gasteiger partial charge in [-0.05, 0) is 23.3 Å². The van der Waals surface area contributed by atoms with Gasteiger partial charge in [-0.25, -0.2) is 8.42 Å². The van der Waals surface area contributed by atoms with Crippen LogP contribution in [0.4, 0.5) is 5.69 Å². The largest absolute Gasteiger partial charge is 0.384 e. The lowest BCUT2D eigenvalue weighted by molar-refractivity contribution is 0.220. The van der Waals surface area contributed by atoms with Crippen molar-refractivity contribution in [2.45, 2.75) is 6.10 Å². The summed E-state index contributed by atoms with van der Waals surface area (Å²) in [5.41, 5.74) is 1.84. The predicted octanol–water partition coefficient (Wildman–Crippen LogP) is 2.14. The quantitative estimate of drug-likeness (QED) is 0.899. The fourth-order valence-corrected chi connectivity index (χ4v) is 2.37. The molecule has 0 bridgehead atoms. The van der Waals surface area contributed by atoms with Crippen molar-refractivity contribution in [1.29, 1.82) is 0 Å². The summed E-state index contributed by atoms with van der Waals surface area (Å²) in [4.78, 5) is 0. The molecule has 4 nitrogen and oxygen atoms in total. The highest BCUT2D eigenvalue weighted by Crippen LogP contribution is 2.24. The average molecular weight is 277 g/mol. The Hall–Kier alpha value is -1.85. The van der Waals surface area contributed by atoms with Crippen LogP contribution >= 0.6 is 0 Å². The molecule has 0 aliphatic rings. The maximum Gasteiger partial charge on any atom is 0.229 e. The van der Waals surface area contributed by atoms with Crippen LogP contribution in [-0.4, -0.2) is 19.8 Å². The normalized spacial score (nSPS) is 12.9. The van der Waals surface area contributed by atoms with Gasteiger partial charge in [0.15, 0.2) is 0 Å². The summed E-state index contributed by atoms with van der Waals surface area (Å²) in [6.45, 7) is 0. The third kappa shape index (κ3) is 3.81. The topological polar surface area (TPSA) is 66.4 Å². The summed E-state index contributed by atoms with van der Waals surface area (Å²) in [6, 6.07) is 15.9. The molecule has 19 heavy (non-hydrogen) atoms. The molecule has 2 aromatic carbocycles. The second-order valence-electron chi connectivity index (χ2n) is 4.31. The molecule has 1 unspecified atom stereocenters. The van der Waals surface area contributed by atoms with Crippen LogP contribution in [0.3, 0.4) is 0 Å². The summed E-state index contributed by atoms with van der Waals surface area (Å²) >= 11 is 0. The molecule has 100 valence electrons. The van der Waals surface area contributed by atoms with Crippen molar-refractivity contribution in [3.63, 3.8) is 0 Å². The molecule has 0 aliphatic carbocycles. The molecule has 0 aromatic heterocycles. The smallest absolute Gasteiger partial charge is 0.229 e. The van der Waals surface area contributed by atoms with Crippen LogP contribution < -0.4 is 4.72 Å². The van der Waals surface area contributed by atoms with Gasteiger partial charge in [-0.1, -0.05) is 42.5 Å². The van der Waals surface area contributed by atoms with Crippen molar-refractivity contribution in [3.8, 4) is 0 Å². The Kier molecular flexibility index (Phi) is 3.87. The van der Waals surface area contributed by atoms with E-state index in [2.05, 4.69) is 4.72 Å². The van der Waals surface area contributed by atoms with Gasteiger partial charge in [0, 0.05) is 5.69 Å². The second kappa shape index (κ2) is 5.42. The first-order chi connectivity index (χ1) is 8.96. The molecule has 0 fully saturated rings. The van der Waals surface area contributed by atoms with E-state index in [1.807, 2.05) is 30.3 Å². The zero-order chi connectivity index (χ0) is 13.9. The number of sulfonamides is 1. The van der Waals surface area contributed by atoms with Gasteiger partial charge < -0.3 is 5.11 Å². The lowest BCUT2D eigenvalue weighted by Gasteiger charge is -2.13. The Bertz CT molecular complexity index is 653. The second-order valence-corrected chi connectivity index (χ2v) is 6.06. The highest BCUT2D eigenvalue weighted by molar-refractivity contribution is 7.92. The lowest BCUT2D eigenvalue weighted by atomic mass is 10.0. The number of rotatable bonds is 4. The molecule has 0 radical (unpaired) electrons. The lowest BCUT2D eigenvalue weighted by Crippen LogP contribution is -2.10. The minimum absolute atomic E-state index is 0.440. The molecule has 0 amide bonds. The number of aliphatic hydroxyl groups is 1. The SMILES string of the molecule is CS(=O)(=O)Nc1cccc(C(O)c2ccccc2)c1. The summed E-state index contributed by atoms with van der Waals surface area (Å²) in [5.74, 6) is 0. The number of benzene rings is 2. The molecule has 0 saturated heterocycles. The first-order valence-electron chi connectivity index (χ1n) is 5.76. The Morgan fingerprint density at radius 1 is 1.00 bits per heavy atom. The number of hydrogen-bond donors (Lipinski definition) is 2. The van der Waals surface area contributed by atoms with Crippen LogP contribution in [0.25, 0.3) is 0 Å². The monoisotopic (exact) mass is 277 g/mol. The van der Waals surface area contributed by atoms with Crippen molar-refractivity contribution < 1.29 is 13.5 Å². The van der Waals surface area contributed by atoms with E-state index in [0.29, 0.717) is 11.3 Å². The molecule has 0 aliphatic heterocycles. The first kappa shape index (κ1) is 13.6. The number of anilines is 1. The van der Waals surface area contributed by atoms with E-state index in [1.165, 1.54) is 0 Å². The molecule has 0 spiro atoms. The Balaban J connectivity index is 2.29. The molecule has 0 saturated carbocycles. The average Bonchev–Trinajstić information content (AvgIpc) is 2.37. The first-order valence-corrected chi connectivity index (χ1v) is 7.65. The molecule has 1 atom stereocenters. The molecular weight excluding hydrogens is 262 g/mol. The fraction of sp³-hybridized carbons (Fsp3) is 0.143. The summed E-state index contributed by atoms with van der Waals surface area (Å²) < 4.78 is 24.7. The van der Waals surface area contributed by atoms with Crippen LogP contribution in [0.2, 0.25) is 0 Å². The van der Waals surface area contributed by atoms with Crippen molar-refractivity contribution >= 4 is 15.7 Å². The molecule has 2 rings (SSSR count). The van der Waals surface area contributed by atoms with E-state index >= 15 is 0 Å². The Morgan fingerprint density at radius 2 is 1.63 bits per heavy atom. The number of aliphatic hydroxyl groups excluding tert-OH is 1. The third-order valence-electron chi connectivity index (χ3n) is 2.62.